The molecule has 0 aliphatic carbocycles. The number of hydrogen-bond acceptors (Lipinski definition) is 5. The van der Waals surface area contributed by atoms with Crippen LogP contribution < -0.4 is 5.32 Å². The Morgan fingerprint density at radius 2 is 1.85 bits per heavy atom. The lowest BCUT2D eigenvalue weighted by Gasteiger charge is -2.36. The van der Waals surface area contributed by atoms with Gasteiger partial charge in [0.15, 0.2) is 0 Å². The Hall–Kier alpha value is -1.54. The number of rotatable bonds is 4. The van der Waals surface area contributed by atoms with Crippen molar-refractivity contribution in [2.45, 2.75) is 64.2 Å². The van der Waals surface area contributed by atoms with Crippen molar-refractivity contribution in [2.24, 2.45) is 0 Å². The lowest BCUT2D eigenvalue weighted by molar-refractivity contribution is -0.120. The first-order valence-electron chi connectivity index (χ1n) is 11.6. The van der Waals surface area contributed by atoms with Crippen LogP contribution in [0.1, 0.15) is 52.0 Å². The van der Waals surface area contributed by atoms with Gasteiger partial charge in [0, 0.05) is 51.6 Å². The smallest absolute Gasteiger partial charge is 0.410 e. The molecular weight excluding hydrogens is 465 g/mol. The van der Waals surface area contributed by atoms with E-state index in [1.165, 1.54) is 0 Å². The first-order chi connectivity index (χ1) is 15.5. The molecule has 0 radical (unpaired) electrons. The normalized spacial score (nSPS) is 23.2. The van der Waals surface area contributed by atoms with Crippen molar-refractivity contribution in [1.29, 1.82) is 0 Å². The minimum absolute atomic E-state index is 0.0162. The predicted molar refractivity (Wildman–Crippen MR) is 130 cm³/mol. The SMILES string of the molecule is CC(=O)NC1CCN(CC2OCCN(C(=O)OC(C)(C)C)CC2c2ccc(Cl)c(Cl)c2)CC1. The van der Waals surface area contributed by atoms with Gasteiger partial charge in [-0.2, -0.15) is 0 Å². The van der Waals surface area contributed by atoms with E-state index in [1.807, 2.05) is 32.9 Å². The summed E-state index contributed by atoms with van der Waals surface area (Å²) < 4.78 is 11.9. The van der Waals surface area contributed by atoms with Crippen LogP contribution in [0, 0.1) is 0 Å². The Bertz CT molecular complexity index is 837. The third-order valence-electron chi connectivity index (χ3n) is 6.02. The number of nitrogens with zero attached hydrogens (tertiary/aromatic N) is 2. The maximum atomic E-state index is 12.8. The first-order valence-corrected chi connectivity index (χ1v) is 12.3. The summed E-state index contributed by atoms with van der Waals surface area (Å²) in [5.74, 6) is -0.0645. The molecule has 7 nitrogen and oxygen atoms in total. The van der Waals surface area contributed by atoms with Crippen LogP contribution in [0.3, 0.4) is 0 Å². The number of benzene rings is 1. The summed E-state index contributed by atoms with van der Waals surface area (Å²) >= 11 is 12.5. The Morgan fingerprint density at radius 3 is 2.45 bits per heavy atom. The molecular formula is C24H35Cl2N3O4. The summed E-state index contributed by atoms with van der Waals surface area (Å²) in [4.78, 5) is 28.3. The van der Waals surface area contributed by atoms with Gasteiger partial charge in [-0.15, -0.1) is 0 Å². The van der Waals surface area contributed by atoms with Crippen LogP contribution in [0.2, 0.25) is 10.0 Å². The number of piperidine rings is 1. The second-order valence-electron chi connectivity index (χ2n) is 9.89. The topological polar surface area (TPSA) is 71.1 Å². The number of amides is 2. The molecule has 1 aromatic carbocycles. The van der Waals surface area contributed by atoms with E-state index in [-0.39, 0.29) is 30.1 Å². The van der Waals surface area contributed by atoms with Gasteiger partial charge in [-0.3, -0.25) is 4.79 Å². The van der Waals surface area contributed by atoms with Crippen molar-refractivity contribution >= 4 is 35.2 Å². The molecule has 2 fully saturated rings. The average Bonchev–Trinajstić information content (AvgIpc) is 2.93. The predicted octanol–water partition coefficient (Wildman–Crippen LogP) is 4.31. The van der Waals surface area contributed by atoms with Crippen LogP contribution in [-0.4, -0.2) is 78.9 Å². The fraction of sp³-hybridized carbons (Fsp3) is 0.667. The number of ether oxygens (including phenoxy) is 2. The van der Waals surface area contributed by atoms with Gasteiger partial charge in [0.2, 0.25) is 5.91 Å². The van der Waals surface area contributed by atoms with Crippen LogP contribution in [0.25, 0.3) is 0 Å². The number of likely N-dealkylation sites (tertiary alicyclic amines) is 1. The largest absolute Gasteiger partial charge is 0.444 e. The maximum Gasteiger partial charge on any atom is 0.410 e. The average molecular weight is 500 g/mol. The van der Waals surface area contributed by atoms with E-state index in [0.29, 0.717) is 29.7 Å². The van der Waals surface area contributed by atoms with E-state index in [4.69, 9.17) is 32.7 Å². The number of carbonyl (C=O) groups is 2. The Labute approximate surface area is 206 Å². The van der Waals surface area contributed by atoms with Crippen molar-refractivity contribution in [3.8, 4) is 0 Å². The quantitative estimate of drug-likeness (QED) is 0.667. The zero-order valence-corrected chi connectivity index (χ0v) is 21.4. The highest BCUT2D eigenvalue weighted by molar-refractivity contribution is 6.42. The van der Waals surface area contributed by atoms with Gasteiger partial charge in [-0.1, -0.05) is 29.3 Å². The number of nitrogens with one attached hydrogen (secondary N) is 1. The van der Waals surface area contributed by atoms with E-state index in [0.717, 1.165) is 38.0 Å². The molecule has 2 amide bonds. The molecule has 9 heteroatoms. The highest BCUT2D eigenvalue weighted by Gasteiger charge is 2.35. The first kappa shape index (κ1) is 26.1. The molecule has 2 heterocycles. The van der Waals surface area contributed by atoms with Crippen LogP contribution in [0.15, 0.2) is 18.2 Å². The van der Waals surface area contributed by atoms with Gasteiger partial charge in [-0.25, -0.2) is 4.79 Å². The summed E-state index contributed by atoms with van der Waals surface area (Å²) in [5.41, 5.74) is 0.416. The summed E-state index contributed by atoms with van der Waals surface area (Å²) in [6.45, 7) is 11.0. The second kappa shape index (κ2) is 11.3. The Balaban J connectivity index is 1.75. The van der Waals surface area contributed by atoms with Crippen LogP contribution >= 0.6 is 23.2 Å². The molecule has 0 spiro atoms. The molecule has 0 bridgehead atoms. The van der Waals surface area contributed by atoms with Gasteiger partial charge in [0.25, 0.3) is 0 Å². The van der Waals surface area contributed by atoms with Crippen LogP contribution in [-0.2, 0) is 14.3 Å². The van der Waals surface area contributed by atoms with E-state index < -0.39 is 5.60 Å². The van der Waals surface area contributed by atoms with Gasteiger partial charge in [0.05, 0.1) is 22.8 Å². The number of halogens is 2. The molecule has 1 N–H and O–H groups in total. The standard InChI is InChI=1S/C24H35Cl2N3O4/c1-16(30)27-18-7-9-28(10-8-18)15-22-19(17-5-6-20(25)21(26)13-17)14-29(11-12-32-22)23(31)33-24(2,3)4/h5-6,13,18-19,22H,7-12,14-15H2,1-4H3,(H,27,30). The highest BCUT2D eigenvalue weighted by atomic mass is 35.5. The lowest BCUT2D eigenvalue weighted by Crippen LogP contribution is -2.47. The van der Waals surface area contributed by atoms with Crippen molar-refractivity contribution in [2.75, 3.05) is 39.3 Å². The van der Waals surface area contributed by atoms with Crippen LogP contribution in [0.5, 0.6) is 0 Å². The Morgan fingerprint density at radius 1 is 1.15 bits per heavy atom. The summed E-state index contributed by atoms with van der Waals surface area (Å²) in [6, 6.07) is 5.84. The maximum absolute atomic E-state index is 12.8. The van der Waals surface area contributed by atoms with Crippen molar-refractivity contribution < 1.29 is 19.1 Å². The highest BCUT2D eigenvalue weighted by Crippen LogP contribution is 2.32. The molecule has 3 rings (SSSR count). The minimum Gasteiger partial charge on any atom is -0.444 e. The molecule has 2 unspecified atom stereocenters. The summed E-state index contributed by atoms with van der Waals surface area (Å²) in [5, 5.41) is 4.00. The van der Waals surface area contributed by atoms with Crippen molar-refractivity contribution in [1.82, 2.24) is 15.1 Å². The molecule has 2 saturated heterocycles. The van der Waals surface area contributed by atoms with Crippen molar-refractivity contribution in [3.05, 3.63) is 33.8 Å². The minimum atomic E-state index is -0.568. The van der Waals surface area contributed by atoms with Crippen LogP contribution in [0.4, 0.5) is 4.79 Å². The zero-order valence-electron chi connectivity index (χ0n) is 19.9. The van der Waals surface area contributed by atoms with E-state index >= 15 is 0 Å². The Kier molecular flexibility index (Phi) is 8.89. The van der Waals surface area contributed by atoms with Gasteiger partial charge >= 0.3 is 6.09 Å². The summed E-state index contributed by atoms with van der Waals surface area (Å²) in [6.07, 6.45) is 1.36. The molecule has 1 aromatic rings. The van der Waals surface area contributed by atoms with Gasteiger partial charge in [-0.05, 0) is 51.3 Å². The van der Waals surface area contributed by atoms with E-state index in [9.17, 15) is 9.59 Å². The third-order valence-corrected chi connectivity index (χ3v) is 6.75. The zero-order chi connectivity index (χ0) is 24.2. The molecule has 2 aliphatic heterocycles. The monoisotopic (exact) mass is 499 g/mol. The number of hydrogen-bond donors (Lipinski definition) is 1. The molecule has 2 aliphatic rings. The third kappa shape index (κ3) is 7.74. The van der Waals surface area contributed by atoms with Gasteiger partial charge < -0.3 is 24.6 Å². The molecule has 0 saturated carbocycles. The van der Waals surface area contributed by atoms with E-state index in [1.54, 1.807) is 17.9 Å². The molecule has 33 heavy (non-hydrogen) atoms. The fourth-order valence-corrected chi connectivity index (χ4v) is 4.72. The fourth-order valence-electron chi connectivity index (χ4n) is 4.41. The lowest BCUT2D eigenvalue weighted by atomic mass is 9.91. The second-order valence-corrected chi connectivity index (χ2v) is 10.7. The van der Waals surface area contributed by atoms with E-state index in [2.05, 4.69) is 10.2 Å². The summed E-state index contributed by atoms with van der Waals surface area (Å²) in [7, 11) is 0. The van der Waals surface area contributed by atoms with Crippen molar-refractivity contribution in [3.63, 3.8) is 0 Å². The molecule has 184 valence electrons. The molecule has 2 atom stereocenters. The number of carbonyl (C=O) groups excluding carboxylic acids is 2. The van der Waals surface area contributed by atoms with Gasteiger partial charge in [0.1, 0.15) is 5.60 Å². The molecule has 0 aromatic heterocycles.